The molecule has 0 fully saturated rings. The zero-order chi connectivity index (χ0) is 25.7. The third-order valence-corrected chi connectivity index (χ3v) is 5.36. The first-order valence-electron chi connectivity index (χ1n) is 11.0. The molecule has 2 heterocycles. The Balaban J connectivity index is 1.47. The molecule has 4 rings (SSSR count). The number of nitrogens with zero attached hydrogens (tertiary/aromatic N) is 3. The van der Waals surface area contributed by atoms with Crippen molar-refractivity contribution in [2.45, 2.75) is 19.3 Å². The van der Waals surface area contributed by atoms with Gasteiger partial charge in [0, 0.05) is 36.4 Å². The van der Waals surface area contributed by atoms with Gasteiger partial charge >= 0.3 is 6.03 Å². The topological polar surface area (TPSA) is 130 Å². The summed E-state index contributed by atoms with van der Waals surface area (Å²) in [6.45, 7) is 4.40. The lowest BCUT2D eigenvalue weighted by molar-refractivity contribution is 0.142. The van der Waals surface area contributed by atoms with Crippen LogP contribution in [-0.4, -0.2) is 49.1 Å². The van der Waals surface area contributed by atoms with Crippen molar-refractivity contribution in [2.24, 2.45) is 0 Å². The highest BCUT2D eigenvalue weighted by molar-refractivity contribution is 5.99. The van der Waals surface area contributed by atoms with Gasteiger partial charge in [-0.3, -0.25) is 5.32 Å². The predicted octanol–water partition coefficient (Wildman–Crippen LogP) is 5.00. The third kappa shape index (κ3) is 5.47. The summed E-state index contributed by atoms with van der Waals surface area (Å²) < 4.78 is 27.2. The molecule has 0 radical (unpaired) electrons. The minimum atomic E-state index is -0.497. The second-order valence-corrected chi connectivity index (χ2v) is 8.51. The fraction of sp³-hybridized carbons (Fsp3) is 0.280. The number of aromatic nitrogens is 3. The predicted molar refractivity (Wildman–Crippen MR) is 133 cm³/mol. The molecule has 0 saturated heterocycles. The van der Waals surface area contributed by atoms with E-state index in [1.807, 2.05) is 13.8 Å². The largest absolute Gasteiger partial charge is 0.493 e. The second-order valence-electron chi connectivity index (χ2n) is 8.51. The fourth-order valence-electron chi connectivity index (χ4n) is 3.55. The molecule has 2 N–H and O–H groups in total. The number of ether oxygens (including phenoxy) is 4. The molecule has 0 atom stereocenters. The number of hydrogen-bond acceptors (Lipinski definition) is 9. The molecule has 11 heteroatoms. The number of nitrogens with one attached hydrogen (secondary N) is 2. The lowest BCUT2D eigenvalue weighted by atomic mass is 9.91. The summed E-state index contributed by atoms with van der Waals surface area (Å²) in [7, 11) is 4.72. The summed E-state index contributed by atoms with van der Waals surface area (Å²) in [6, 6.07) is 11.6. The van der Waals surface area contributed by atoms with Crippen LogP contribution in [0.4, 0.5) is 16.4 Å². The molecular formula is C25H27N5O6. The standard InChI is InChI=1S/C25H27N5O6/c1-25(2,13-32-3)21-12-22(36-30-21)29-24(31)28-15-7-6-8-16(9-15)35-23-17-10-19(33-4)20(34-5)11-18(17)26-14-27-23/h6-12,14H,13H2,1-5H3,(H2,28,29,31). The molecule has 0 aliphatic rings. The monoisotopic (exact) mass is 493 g/mol. The highest BCUT2D eigenvalue weighted by Gasteiger charge is 2.25. The maximum absolute atomic E-state index is 12.5. The number of carbonyl (C=O) groups excluding carboxylic acids is 1. The van der Waals surface area contributed by atoms with Gasteiger partial charge in [-0.15, -0.1) is 0 Å². The molecule has 0 aliphatic heterocycles. The smallest absolute Gasteiger partial charge is 0.326 e. The van der Waals surface area contributed by atoms with Crippen molar-refractivity contribution in [3.8, 4) is 23.1 Å². The van der Waals surface area contributed by atoms with E-state index in [2.05, 4.69) is 25.8 Å². The van der Waals surface area contributed by atoms with Crippen LogP contribution in [0.3, 0.4) is 0 Å². The summed E-state index contributed by atoms with van der Waals surface area (Å²) in [6.07, 6.45) is 1.40. The number of benzene rings is 2. The van der Waals surface area contributed by atoms with E-state index in [9.17, 15) is 4.79 Å². The van der Waals surface area contributed by atoms with E-state index in [1.54, 1.807) is 63.8 Å². The summed E-state index contributed by atoms with van der Waals surface area (Å²) in [4.78, 5) is 21.1. The molecule has 0 unspecified atom stereocenters. The maximum Gasteiger partial charge on any atom is 0.326 e. The number of urea groups is 1. The van der Waals surface area contributed by atoms with Crippen LogP contribution < -0.4 is 24.8 Å². The lowest BCUT2D eigenvalue weighted by Gasteiger charge is -2.19. The Kier molecular flexibility index (Phi) is 7.20. The number of rotatable bonds is 9. The Morgan fingerprint density at radius 2 is 1.78 bits per heavy atom. The second kappa shape index (κ2) is 10.5. The SMILES string of the molecule is COCC(C)(C)c1cc(NC(=O)Nc2cccc(Oc3ncnc4cc(OC)c(OC)cc34)c2)on1. The van der Waals surface area contributed by atoms with Crippen LogP contribution in [0.2, 0.25) is 0 Å². The van der Waals surface area contributed by atoms with E-state index in [1.165, 1.54) is 6.33 Å². The van der Waals surface area contributed by atoms with Crippen LogP contribution >= 0.6 is 0 Å². The van der Waals surface area contributed by atoms with Gasteiger partial charge in [-0.25, -0.2) is 14.8 Å². The average Bonchev–Trinajstić information content (AvgIpc) is 3.33. The minimum absolute atomic E-state index is 0.218. The van der Waals surface area contributed by atoms with Gasteiger partial charge in [-0.2, -0.15) is 0 Å². The molecule has 11 nitrogen and oxygen atoms in total. The highest BCUT2D eigenvalue weighted by atomic mass is 16.5. The van der Waals surface area contributed by atoms with Gasteiger partial charge in [0.2, 0.25) is 11.8 Å². The van der Waals surface area contributed by atoms with Crippen molar-refractivity contribution in [3.63, 3.8) is 0 Å². The van der Waals surface area contributed by atoms with E-state index in [0.29, 0.717) is 52.0 Å². The quantitative estimate of drug-likeness (QED) is 0.331. The lowest BCUT2D eigenvalue weighted by Crippen LogP contribution is -2.24. The Morgan fingerprint density at radius 3 is 2.53 bits per heavy atom. The van der Waals surface area contributed by atoms with Gasteiger partial charge in [0.15, 0.2) is 11.5 Å². The fourth-order valence-corrected chi connectivity index (χ4v) is 3.55. The minimum Gasteiger partial charge on any atom is -0.493 e. The van der Waals surface area contributed by atoms with Gasteiger partial charge in [0.25, 0.3) is 0 Å². The van der Waals surface area contributed by atoms with Crippen molar-refractivity contribution in [3.05, 3.63) is 54.5 Å². The van der Waals surface area contributed by atoms with E-state index in [-0.39, 0.29) is 11.3 Å². The maximum atomic E-state index is 12.5. The number of methoxy groups -OCH3 is 3. The zero-order valence-corrected chi connectivity index (χ0v) is 20.6. The first-order valence-corrected chi connectivity index (χ1v) is 11.0. The van der Waals surface area contributed by atoms with Crippen molar-refractivity contribution in [1.29, 1.82) is 0 Å². The number of fused-ring (bicyclic) bond motifs is 1. The summed E-state index contributed by atoms with van der Waals surface area (Å²) >= 11 is 0. The van der Waals surface area contributed by atoms with E-state index in [4.69, 9.17) is 23.5 Å². The number of hydrogen-bond donors (Lipinski definition) is 2. The van der Waals surface area contributed by atoms with Crippen LogP contribution in [-0.2, 0) is 10.2 Å². The first-order chi connectivity index (χ1) is 17.3. The molecule has 0 bridgehead atoms. The van der Waals surface area contributed by atoms with Crippen molar-refractivity contribution >= 4 is 28.5 Å². The van der Waals surface area contributed by atoms with Crippen LogP contribution in [0.5, 0.6) is 23.1 Å². The van der Waals surface area contributed by atoms with Crippen molar-refractivity contribution in [2.75, 3.05) is 38.6 Å². The normalized spacial score (nSPS) is 11.2. The molecule has 4 aromatic rings. The van der Waals surface area contributed by atoms with Gasteiger partial charge < -0.3 is 28.8 Å². The Labute approximate surface area is 207 Å². The molecule has 188 valence electrons. The first kappa shape index (κ1) is 24.7. The van der Waals surface area contributed by atoms with Crippen LogP contribution in [0.15, 0.2) is 53.3 Å². The van der Waals surface area contributed by atoms with E-state index < -0.39 is 6.03 Å². The summed E-state index contributed by atoms with van der Waals surface area (Å²) in [5.74, 6) is 2.09. The van der Waals surface area contributed by atoms with Gasteiger partial charge in [-0.1, -0.05) is 25.1 Å². The number of amides is 2. The Morgan fingerprint density at radius 1 is 1.00 bits per heavy atom. The number of carbonyl (C=O) groups is 1. The van der Waals surface area contributed by atoms with Crippen molar-refractivity contribution in [1.82, 2.24) is 15.1 Å². The van der Waals surface area contributed by atoms with Crippen LogP contribution in [0, 0.1) is 0 Å². The average molecular weight is 494 g/mol. The van der Waals surface area contributed by atoms with E-state index in [0.717, 1.165) is 0 Å². The van der Waals surface area contributed by atoms with Crippen LogP contribution in [0.25, 0.3) is 10.9 Å². The Hall–Kier alpha value is -4.38. The third-order valence-electron chi connectivity index (χ3n) is 5.36. The molecule has 0 aliphatic carbocycles. The summed E-state index contributed by atoms with van der Waals surface area (Å²) in [5, 5.41) is 10.1. The highest BCUT2D eigenvalue weighted by Crippen LogP contribution is 2.36. The van der Waals surface area contributed by atoms with Gasteiger partial charge in [0.05, 0.1) is 37.4 Å². The molecule has 0 spiro atoms. The van der Waals surface area contributed by atoms with Gasteiger partial charge in [0.1, 0.15) is 12.1 Å². The molecule has 2 amide bonds. The van der Waals surface area contributed by atoms with Crippen molar-refractivity contribution < 1.29 is 28.3 Å². The molecular weight excluding hydrogens is 466 g/mol. The molecule has 36 heavy (non-hydrogen) atoms. The molecule has 2 aromatic carbocycles. The van der Waals surface area contributed by atoms with E-state index >= 15 is 0 Å². The molecule has 2 aromatic heterocycles. The number of anilines is 2. The van der Waals surface area contributed by atoms with Gasteiger partial charge in [-0.05, 0) is 18.2 Å². The molecule has 0 saturated carbocycles. The van der Waals surface area contributed by atoms with Crippen LogP contribution in [0.1, 0.15) is 19.5 Å². The zero-order valence-electron chi connectivity index (χ0n) is 20.6. The Bertz CT molecular complexity index is 1370. The summed E-state index contributed by atoms with van der Waals surface area (Å²) in [5.41, 5.74) is 1.44.